The highest BCUT2D eigenvalue weighted by molar-refractivity contribution is 8.05. The molecule has 0 atom stereocenters. The molecule has 12 rings (SSSR count). The van der Waals surface area contributed by atoms with Crippen molar-refractivity contribution in [2.75, 3.05) is 0 Å². The van der Waals surface area contributed by atoms with Crippen LogP contribution in [0.4, 0.5) is 0 Å². The van der Waals surface area contributed by atoms with Gasteiger partial charge >= 0.3 is 0 Å². The second-order valence-electron chi connectivity index (χ2n) is 16.1. The van der Waals surface area contributed by atoms with Gasteiger partial charge in [0.15, 0.2) is 0 Å². The molecular formula is C54H38N4S. The van der Waals surface area contributed by atoms with Gasteiger partial charge in [-0.05, 0) is 64.7 Å². The van der Waals surface area contributed by atoms with Crippen LogP contribution in [-0.2, 0) is 12.1 Å². The first-order chi connectivity index (χ1) is 29.0. The molecule has 0 amide bonds. The lowest BCUT2D eigenvalue weighted by molar-refractivity contribution is 0.660. The van der Waals surface area contributed by atoms with E-state index in [4.69, 9.17) is 4.99 Å². The van der Waals surface area contributed by atoms with Crippen molar-refractivity contribution >= 4 is 84.3 Å². The van der Waals surface area contributed by atoms with E-state index in [-0.39, 0.29) is 5.41 Å². The average molecular weight is 775 g/mol. The lowest BCUT2D eigenvalue weighted by Crippen LogP contribution is -2.14. The quantitative estimate of drug-likeness (QED) is 0.160. The Morgan fingerprint density at radius 3 is 1.95 bits per heavy atom. The molecule has 4 nitrogen and oxygen atoms in total. The Balaban J connectivity index is 1.21. The maximum atomic E-state index is 5.63. The number of nitrogens with zero attached hydrogens (tertiary/aromatic N) is 4. The number of para-hydroxylation sites is 2. The minimum absolute atomic E-state index is 0.135. The Labute approximate surface area is 346 Å². The third-order valence-corrected chi connectivity index (χ3v) is 13.9. The summed E-state index contributed by atoms with van der Waals surface area (Å²) in [5.41, 5.74) is 15.1. The summed E-state index contributed by atoms with van der Waals surface area (Å²) in [6.07, 6.45) is 0. The van der Waals surface area contributed by atoms with Gasteiger partial charge in [-0.25, -0.2) is 0 Å². The lowest BCUT2D eigenvalue weighted by Gasteiger charge is -2.21. The predicted molar refractivity (Wildman–Crippen MR) is 251 cm³/mol. The van der Waals surface area contributed by atoms with Gasteiger partial charge in [0.25, 0.3) is 0 Å². The largest absolute Gasteiger partial charge is 0.320 e. The molecule has 10 aromatic rings. The van der Waals surface area contributed by atoms with E-state index in [1.165, 1.54) is 76.0 Å². The number of benzene rings is 8. The number of hydrogen-bond acceptors (Lipinski definition) is 3. The van der Waals surface area contributed by atoms with E-state index in [2.05, 4.69) is 198 Å². The molecule has 0 bridgehead atoms. The fraction of sp³-hybridized carbons (Fsp3) is 0.0741. The molecule has 2 aliphatic rings. The first-order valence-electron chi connectivity index (χ1n) is 20.2. The second-order valence-corrected chi connectivity index (χ2v) is 17.2. The van der Waals surface area contributed by atoms with E-state index in [9.17, 15) is 0 Å². The zero-order chi connectivity index (χ0) is 39.4. The van der Waals surface area contributed by atoms with Crippen LogP contribution in [0, 0.1) is 0 Å². The van der Waals surface area contributed by atoms with Crippen LogP contribution in [0.5, 0.6) is 0 Å². The molecule has 59 heavy (non-hydrogen) atoms. The minimum Gasteiger partial charge on any atom is -0.320 e. The maximum Gasteiger partial charge on any atom is 0.115 e. The minimum atomic E-state index is -0.135. The number of aromatic nitrogens is 2. The van der Waals surface area contributed by atoms with E-state index < -0.39 is 0 Å². The molecule has 1 aliphatic carbocycles. The van der Waals surface area contributed by atoms with E-state index in [1.54, 1.807) is 11.8 Å². The molecule has 0 saturated heterocycles. The second kappa shape index (κ2) is 12.8. The van der Waals surface area contributed by atoms with Gasteiger partial charge in [-0.2, -0.15) is 0 Å². The van der Waals surface area contributed by atoms with Crippen LogP contribution in [-0.4, -0.2) is 21.6 Å². The first kappa shape index (κ1) is 34.1. The van der Waals surface area contributed by atoms with Crippen LogP contribution in [0.1, 0.15) is 36.1 Å². The Kier molecular flexibility index (Phi) is 7.39. The van der Waals surface area contributed by atoms with Gasteiger partial charge in [0, 0.05) is 48.4 Å². The van der Waals surface area contributed by atoms with Crippen molar-refractivity contribution in [3.63, 3.8) is 0 Å². The molecule has 8 aromatic carbocycles. The van der Waals surface area contributed by atoms with Gasteiger partial charge in [0.05, 0.1) is 44.1 Å². The molecule has 0 N–H and O–H groups in total. The summed E-state index contributed by atoms with van der Waals surface area (Å²) in [7, 11) is 0. The average Bonchev–Trinajstić information content (AvgIpc) is 3.98. The highest BCUT2D eigenvalue weighted by atomic mass is 32.2. The monoisotopic (exact) mass is 774 g/mol. The topological polar surface area (TPSA) is 34.6 Å². The standard InChI is InChI=1S/C54H38N4S/c1-54(2)40-25-13-9-23-38(40)48-41(54)29-30-44-50(48)49-37-22-8-7-21-36(37)45(58-42-26-14-10-19-34(42)35-20-11-15-27-43(35)58)31-46(49)57(44)32-56-52-39-24-12-16-28-47(39)59-53(52)51(55-3)33-17-5-4-6-18-33/h4-31H,3,32H2,1-2H3/b53-51+,56-52-. The fourth-order valence-corrected chi connectivity index (χ4v) is 11.3. The molecule has 2 aromatic heterocycles. The summed E-state index contributed by atoms with van der Waals surface area (Å²) in [5, 5.41) is 7.50. The Bertz CT molecular complexity index is 3430. The van der Waals surface area contributed by atoms with Crippen molar-refractivity contribution in [3.8, 4) is 16.8 Å². The van der Waals surface area contributed by atoms with E-state index in [0.29, 0.717) is 6.67 Å². The zero-order valence-electron chi connectivity index (χ0n) is 32.8. The maximum absolute atomic E-state index is 5.63. The fourth-order valence-electron chi connectivity index (χ4n) is 10.1. The Morgan fingerprint density at radius 2 is 1.20 bits per heavy atom. The van der Waals surface area contributed by atoms with Crippen molar-refractivity contribution in [3.05, 3.63) is 197 Å². The third kappa shape index (κ3) is 4.79. The van der Waals surface area contributed by atoms with Gasteiger partial charge in [0.1, 0.15) is 6.67 Å². The van der Waals surface area contributed by atoms with Gasteiger partial charge in [-0.1, -0.05) is 165 Å². The van der Waals surface area contributed by atoms with Crippen LogP contribution in [0.15, 0.2) is 190 Å². The zero-order valence-corrected chi connectivity index (χ0v) is 33.6. The van der Waals surface area contributed by atoms with E-state index in [1.807, 2.05) is 6.07 Å². The lowest BCUT2D eigenvalue weighted by atomic mass is 9.82. The van der Waals surface area contributed by atoms with Crippen LogP contribution in [0.25, 0.3) is 76.9 Å². The van der Waals surface area contributed by atoms with Crippen molar-refractivity contribution in [1.29, 1.82) is 0 Å². The predicted octanol–water partition coefficient (Wildman–Crippen LogP) is 14.0. The van der Waals surface area contributed by atoms with Crippen molar-refractivity contribution in [2.24, 2.45) is 9.98 Å². The number of rotatable bonds is 5. The summed E-state index contributed by atoms with van der Waals surface area (Å²) < 4.78 is 4.93. The summed E-state index contributed by atoms with van der Waals surface area (Å²) in [6, 6.07) is 61.7. The highest BCUT2D eigenvalue weighted by Crippen LogP contribution is 2.54. The molecule has 5 heteroatoms. The molecule has 0 unspecified atom stereocenters. The van der Waals surface area contributed by atoms with Gasteiger partial charge in [-0.3, -0.25) is 9.98 Å². The number of allylic oxidation sites excluding steroid dienone is 1. The smallest absolute Gasteiger partial charge is 0.115 e. The van der Waals surface area contributed by atoms with E-state index in [0.717, 1.165) is 38.6 Å². The molecule has 0 spiro atoms. The Morgan fingerprint density at radius 1 is 0.576 bits per heavy atom. The highest BCUT2D eigenvalue weighted by Gasteiger charge is 2.38. The molecule has 0 fully saturated rings. The number of fused-ring (bicyclic) bond motifs is 13. The summed E-state index contributed by atoms with van der Waals surface area (Å²) in [4.78, 5) is 12.5. The van der Waals surface area contributed by atoms with Crippen LogP contribution in [0.3, 0.4) is 0 Å². The number of aliphatic imine (C=N–C) groups is 2. The first-order valence-corrected chi connectivity index (χ1v) is 21.0. The normalized spacial score (nSPS) is 15.7. The van der Waals surface area contributed by atoms with Crippen LogP contribution < -0.4 is 0 Å². The van der Waals surface area contributed by atoms with Crippen molar-refractivity contribution in [1.82, 2.24) is 9.13 Å². The molecule has 1 aliphatic heterocycles. The van der Waals surface area contributed by atoms with Gasteiger partial charge < -0.3 is 9.13 Å². The summed E-state index contributed by atoms with van der Waals surface area (Å²) >= 11 is 1.73. The number of thioether (sulfide) groups is 1. The molecule has 280 valence electrons. The van der Waals surface area contributed by atoms with E-state index >= 15 is 0 Å². The molecule has 0 radical (unpaired) electrons. The van der Waals surface area contributed by atoms with Crippen LogP contribution in [0.2, 0.25) is 0 Å². The third-order valence-electron chi connectivity index (χ3n) is 12.7. The summed E-state index contributed by atoms with van der Waals surface area (Å²) in [5.74, 6) is 0. The summed E-state index contributed by atoms with van der Waals surface area (Å²) in [6.45, 7) is 9.21. The van der Waals surface area contributed by atoms with Crippen molar-refractivity contribution < 1.29 is 0 Å². The molecule has 3 heterocycles. The Hall–Kier alpha value is -6.95. The molecular weight excluding hydrogens is 737 g/mol. The molecule has 0 saturated carbocycles. The number of hydrogen-bond donors (Lipinski definition) is 0. The van der Waals surface area contributed by atoms with Gasteiger partial charge in [-0.15, -0.1) is 0 Å². The van der Waals surface area contributed by atoms with Gasteiger partial charge in [0.2, 0.25) is 0 Å². The van der Waals surface area contributed by atoms with Crippen molar-refractivity contribution in [2.45, 2.75) is 30.8 Å². The SMILES string of the molecule is C=N/C(=C1/Sc2ccccc2/C1=N/Cn1c2ccc3c(c2c2c4ccccc4c(-n4c5ccccc5c5ccccc54)cc21)-c1ccccc1C3(C)C)c1ccccc1. The van der Waals surface area contributed by atoms with Crippen LogP contribution >= 0.6 is 11.8 Å².